The van der Waals surface area contributed by atoms with Crippen molar-refractivity contribution in [2.24, 2.45) is 0 Å². The summed E-state index contributed by atoms with van der Waals surface area (Å²) in [6.07, 6.45) is 0.0833. The Morgan fingerprint density at radius 2 is 2.44 bits per heavy atom. The van der Waals surface area contributed by atoms with Crippen molar-refractivity contribution in [1.29, 1.82) is 0 Å². The van der Waals surface area contributed by atoms with Gasteiger partial charge in [0.2, 0.25) is 5.91 Å². The van der Waals surface area contributed by atoms with Gasteiger partial charge in [0.05, 0.1) is 24.8 Å². The molecule has 1 aromatic rings. The fourth-order valence-corrected chi connectivity index (χ4v) is 2.08. The molecule has 1 heterocycles. The van der Waals surface area contributed by atoms with Gasteiger partial charge in [-0.1, -0.05) is 15.9 Å². The molecule has 1 aliphatic rings. The van der Waals surface area contributed by atoms with E-state index in [9.17, 15) is 9.18 Å². The third kappa shape index (κ3) is 3.76. The van der Waals surface area contributed by atoms with Crippen LogP contribution in [0.15, 0.2) is 22.7 Å². The summed E-state index contributed by atoms with van der Waals surface area (Å²) in [6.45, 7) is 2.06. The molecule has 1 aromatic carbocycles. The second-order valence-electron chi connectivity index (χ2n) is 4.07. The van der Waals surface area contributed by atoms with Crippen molar-refractivity contribution in [3.63, 3.8) is 0 Å². The quantitative estimate of drug-likeness (QED) is 0.895. The first-order chi connectivity index (χ1) is 8.65. The van der Waals surface area contributed by atoms with E-state index in [0.29, 0.717) is 17.6 Å². The summed E-state index contributed by atoms with van der Waals surface area (Å²) in [6, 6.07) is 4.52. The second kappa shape index (κ2) is 6.26. The number of benzene rings is 1. The maximum absolute atomic E-state index is 13.5. The zero-order chi connectivity index (χ0) is 13.0. The van der Waals surface area contributed by atoms with E-state index in [4.69, 9.17) is 4.74 Å². The van der Waals surface area contributed by atoms with Crippen LogP contribution in [-0.4, -0.2) is 31.7 Å². The smallest absolute Gasteiger partial charge is 0.227 e. The number of amides is 1. The second-order valence-corrected chi connectivity index (χ2v) is 4.99. The highest BCUT2D eigenvalue weighted by Gasteiger charge is 2.18. The van der Waals surface area contributed by atoms with Gasteiger partial charge in [-0.15, -0.1) is 0 Å². The minimum Gasteiger partial charge on any atom is -0.375 e. The van der Waals surface area contributed by atoms with Gasteiger partial charge in [0.25, 0.3) is 0 Å². The molecule has 1 unspecified atom stereocenters. The third-order valence-corrected chi connectivity index (χ3v) is 3.12. The zero-order valence-corrected chi connectivity index (χ0v) is 11.3. The summed E-state index contributed by atoms with van der Waals surface area (Å²) in [5.41, 5.74) is 0.187. The lowest BCUT2D eigenvalue weighted by molar-refractivity contribution is -0.119. The van der Waals surface area contributed by atoms with Crippen molar-refractivity contribution in [1.82, 2.24) is 5.32 Å². The fraction of sp³-hybridized carbons (Fsp3) is 0.417. The number of halogens is 2. The van der Waals surface area contributed by atoms with Crippen molar-refractivity contribution in [3.05, 3.63) is 28.5 Å². The van der Waals surface area contributed by atoms with E-state index in [2.05, 4.69) is 26.6 Å². The number of hydrogen-bond acceptors (Lipinski definition) is 3. The van der Waals surface area contributed by atoms with Crippen LogP contribution in [0.25, 0.3) is 0 Å². The number of hydrogen-bond donors (Lipinski definition) is 2. The molecule has 2 rings (SSSR count). The van der Waals surface area contributed by atoms with Crippen LogP contribution < -0.4 is 10.6 Å². The molecule has 1 aliphatic heterocycles. The first kappa shape index (κ1) is 13.5. The molecule has 0 aliphatic carbocycles. The molecule has 0 saturated carbocycles. The number of nitrogens with one attached hydrogen (secondary N) is 2. The molecule has 4 nitrogen and oxygen atoms in total. The Balaban J connectivity index is 1.90. The number of anilines is 1. The van der Waals surface area contributed by atoms with Gasteiger partial charge in [-0.2, -0.15) is 0 Å². The zero-order valence-electron chi connectivity index (χ0n) is 9.71. The summed E-state index contributed by atoms with van der Waals surface area (Å²) in [7, 11) is 0. The Kier molecular flexibility index (Phi) is 4.68. The minimum atomic E-state index is -0.458. The molecule has 6 heteroatoms. The molecule has 0 radical (unpaired) electrons. The summed E-state index contributed by atoms with van der Waals surface area (Å²) in [5, 5.41) is 5.68. The lowest BCUT2D eigenvalue weighted by atomic mass is 10.2. The first-order valence-electron chi connectivity index (χ1n) is 5.72. The van der Waals surface area contributed by atoms with E-state index in [1.807, 2.05) is 0 Å². The van der Waals surface area contributed by atoms with Gasteiger partial charge in [-0.25, -0.2) is 4.39 Å². The molecule has 0 bridgehead atoms. The minimum absolute atomic E-state index is 0.141. The highest BCUT2D eigenvalue weighted by molar-refractivity contribution is 9.10. The van der Waals surface area contributed by atoms with Crippen LogP contribution in [-0.2, 0) is 9.53 Å². The molecule has 1 fully saturated rings. The van der Waals surface area contributed by atoms with Crippen LogP contribution in [0.3, 0.4) is 0 Å². The van der Waals surface area contributed by atoms with Gasteiger partial charge in [-0.05, 0) is 18.2 Å². The highest BCUT2D eigenvalue weighted by Crippen LogP contribution is 2.19. The van der Waals surface area contributed by atoms with Crippen molar-refractivity contribution < 1.29 is 13.9 Å². The van der Waals surface area contributed by atoms with Crippen LogP contribution in [0.4, 0.5) is 10.1 Å². The fourth-order valence-electron chi connectivity index (χ4n) is 1.75. The van der Waals surface area contributed by atoms with E-state index >= 15 is 0 Å². The lowest BCUT2D eigenvalue weighted by Gasteiger charge is -2.23. The number of rotatable bonds is 3. The van der Waals surface area contributed by atoms with E-state index in [-0.39, 0.29) is 24.1 Å². The van der Waals surface area contributed by atoms with E-state index in [1.54, 1.807) is 6.07 Å². The molecule has 0 spiro atoms. The van der Waals surface area contributed by atoms with E-state index < -0.39 is 5.82 Å². The Bertz CT molecular complexity index is 436. The summed E-state index contributed by atoms with van der Waals surface area (Å²) < 4.78 is 19.5. The van der Waals surface area contributed by atoms with Gasteiger partial charge >= 0.3 is 0 Å². The monoisotopic (exact) mass is 316 g/mol. The molecule has 98 valence electrons. The van der Waals surface area contributed by atoms with Crippen molar-refractivity contribution >= 4 is 27.5 Å². The van der Waals surface area contributed by atoms with Gasteiger partial charge in [0.15, 0.2) is 0 Å². The van der Waals surface area contributed by atoms with E-state index in [1.165, 1.54) is 12.1 Å². The molecule has 2 N–H and O–H groups in total. The summed E-state index contributed by atoms with van der Waals surface area (Å²) in [4.78, 5) is 11.7. The molecular formula is C12H14BrFN2O2. The Hall–Kier alpha value is -0.980. The largest absolute Gasteiger partial charge is 0.375 e. The number of carbonyl (C=O) groups is 1. The molecule has 18 heavy (non-hydrogen) atoms. The number of morpholine rings is 1. The van der Waals surface area contributed by atoms with Crippen molar-refractivity contribution in [2.75, 3.05) is 25.0 Å². The molecular weight excluding hydrogens is 303 g/mol. The topological polar surface area (TPSA) is 50.4 Å². The van der Waals surface area contributed by atoms with Gasteiger partial charge in [0.1, 0.15) is 5.82 Å². The average Bonchev–Trinajstić information content (AvgIpc) is 2.34. The Morgan fingerprint density at radius 1 is 1.61 bits per heavy atom. The van der Waals surface area contributed by atoms with Crippen molar-refractivity contribution in [3.8, 4) is 0 Å². The third-order valence-electron chi connectivity index (χ3n) is 2.62. The van der Waals surface area contributed by atoms with Crippen LogP contribution in [0.5, 0.6) is 0 Å². The van der Waals surface area contributed by atoms with Gasteiger partial charge < -0.3 is 15.4 Å². The van der Waals surface area contributed by atoms with Crippen LogP contribution in [0.1, 0.15) is 6.42 Å². The maximum Gasteiger partial charge on any atom is 0.227 e. The molecule has 1 amide bonds. The molecule has 1 atom stereocenters. The van der Waals surface area contributed by atoms with Crippen LogP contribution in [0.2, 0.25) is 0 Å². The maximum atomic E-state index is 13.5. The SMILES string of the molecule is O=C(CC1CNCCO1)Nc1ccc(Br)cc1F. The summed E-state index contributed by atoms with van der Waals surface area (Å²) >= 11 is 3.16. The van der Waals surface area contributed by atoms with Crippen LogP contribution in [0, 0.1) is 5.82 Å². The van der Waals surface area contributed by atoms with Gasteiger partial charge in [-0.3, -0.25) is 4.79 Å². The highest BCUT2D eigenvalue weighted by atomic mass is 79.9. The molecule has 0 aromatic heterocycles. The predicted molar refractivity (Wildman–Crippen MR) is 70.0 cm³/mol. The average molecular weight is 317 g/mol. The molecule has 1 saturated heterocycles. The first-order valence-corrected chi connectivity index (χ1v) is 6.51. The normalized spacial score (nSPS) is 19.6. The lowest BCUT2D eigenvalue weighted by Crippen LogP contribution is -2.40. The Labute approximate surface area is 113 Å². The Morgan fingerprint density at radius 3 is 3.11 bits per heavy atom. The number of ether oxygens (including phenoxy) is 1. The van der Waals surface area contributed by atoms with Gasteiger partial charge in [0, 0.05) is 17.6 Å². The van der Waals surface area contributed by atoms with Crippen LogP contribution >= 0.6 is 15.9 Å². The summed E-state index contributed by atoms with van der Waals surface area (Å²) in [5.74, 6) is -0.703. The predicted octanol–water partition coefficient (Wildman–Crippen LogP) is 1.91. The van der Waals surface area contributed by atoms with E-state index in [0.717, 1.165) is 6.54 Å². The number of carbonyl (C=O) groups excluding carboxylic acids is 1. The van der Waals surface area contributed by atoms with Crippen molar-refractivity contribution in [2.45, 2.75) is 12.5 Å². The standard InChI is InChI=1S/C12H14BrFN2O2/c13-8-1-2-11(10(14)5-8)16-12(17)6-9-7-15-3-4-18-9/h1-2,5,9,15H,3-4,6-7H2,(H,16,17).